The molecule has 0 aromatic heterocycles. The fourth-order valence-corrected chi connectivity index (χ4v) is 4.81. The van der Waals surface area contributed by atoms with Crippen molar-refractivity contribution in [2.75, 3.05) is 13.2 Å². The summed E-state index contributed by atoms with van der Waals surface area (Å²) in [5.74, 6) is 2.59. The molecule has 182 valence electrons. The molecule has 5 nitrogen and oxygen atoms in total. The molecule has 0 saturated carbocycles. The van der Waals surface area contributed by atoms with E-state index in [1.54, 1.807) is 0 Å². The van der Waals surface area contributed by atoms with Crippen LogP contribution in [0.2, 0.25) is 5.02 Å². The SMILES string of the molecule is CCCCCOc1ccc([C@H]2Oc3ccc(Cl)cc3[C@@H]3CC(c4ccc(OCC)cc4)=NN23)cc1. The zero-order valence-corrected chi connectivity index (χ0v) is 21.0. The van der Waals surface area contributed by atoms with Crippen molar-refractivity contribution in [1.82, 2.24) is 5.01 Å². The zero-order chi connectivity index (χ0) is 24.2. The van der Waals surface area contributed by atoms with E-state index < -0.39 is 0 Å². The van der Waals surface area contributed by atoms with Crippen molar-refractivity contribution >= 4 is 17.3 Å². The van der Waals surface area contributed by atoms with Crippen molar-refractivity contribution in [3.8, 4) is 17.2 Å². The summed E-state index contributed by atoms with van der Waals surface area (Å²) in [6.45, 7) is 5.57. The Bertz CT molecular complexity index is 1180. The quantitative estimate of drug-likeness (QED) is 0.290. The Hall–Kier alpha value is -3.18. The van der Waals surface area contributed by atoms with Gasteiger partial charge < -0.3 is 14.2 Å². The van der Waals surface area contributed by atoms with E-state index in [0.717, 1.165) is 59.1 Å². The molecule has 0 radical (unpaired) electrons. The number of hydrazone groups is 1. The molecular weight excluding hydrogens is 460 g/mol. The highest BCUT2D eigenvalue weighted by molar-refractivity contribution is 6.30. The molecule has 3 aromatic carbocycles. The van der Waals surface area contributed by atoms with Gasteiger partial charge in [-0.3, -0.25) is 0 Å². The standard InChI is InChI=1S/C29H31ClN2O3/c1-3-5-6-17-34-24-14-9-21(10-15-24)29-32-27(25-18-22(30)11-16-28(25)35-29)19-26(31-32)20-7-12-23(13-8-20)33-4-2/h7-16,18,27,29H,3-6,17,19H2,1-2H3/t27-,29+/m0/s1. The third kappa shape index (κ3) is 5.10. The number of halogens is 1. The van der Waals surface area contributed by atoms with E-state index >= 15 is 0 Å². The number of unbranched alkanes of at least 4 members (excludes halogenated alkanes) is 2. The molecule has 0 unspecified atom stereocenters. The normalized spacial score (nSPS) is 18.4. The number of hydrogen-bond acceptors (Lipinski definition) is 5. The number of nitrogens with zero attached hydrogens (tertiary/aromatic N) is 2. The molecule has 2 heterocycles. The molecule has 2 aliphatic heterocycles. The van der Waals surface area contributed by atoms with Crippen LogP contribution >= 0.6 is 11.6 Å². The van der Waals surface area contributed by atoms with Gasteiger partial charge in [0.25, 0.3) is 0 Å². The number of ether oxygens (including phenoxy) is 3. The smallest absolute Gasteiger partial charge is 0.213 e. The first-order valence-corrected chi connectivity index (χ1v) is 12.8. The number of hydrogen-bond donors (Lipinski definition) is 0. The second-order valence-electron chi connectivity index (χ2n) is 8.88. The topological polar surface area (TPSA) is 43.3 Å². The van der Waals surface area contributed by atoms with Crippen LogP contribution in [-0.2, 0) is 0 Å². The van der Waals surface area contributed by atoms with Crippen LogP contribution in [0.15, 0.2) is 71.8 Å². The van der Waals surface area contributed by atoms with Gasteiger partial charge in [0.05, 0.1) is 25.0 Å². The van der Waals surface area contributed by atoms with E-state index in [4.69, 9.17) is 30.9 Å². The van der Waals surface area contributed by atoms with E-state index in [2.05, 4.69) is 36.2 Å². The third-order valence-corrected chi connectivity index (χ3v) is 6.67. The molecule has 0 fully saturated rings. The van der Waals surface area contributed by atoms with Gasteiger partial charge in [-0.1, -0.05) is 31.4 Å². The molecule has 0 saturated heterocycles. The summed E-state index contributed by atoms with van der Waals surface area (Å²) in [6.07, 6.45) is 3.89. The van der Waals surface area contributed by atoms with Crippen LogP contribution in [0.3, 0.4) is 0 Å². The first-order chi connectivity index (χ1) is 17.2. The van der Waals surface area contributed by atoms with Gasteiger partial charge in [0.15, 0.2) is 0 Å². The van der Waals surface area contributed by atoms with Gasteiger partial charge in [-0.05, 0) is 85.6 Å². The van der Waals surface area contributed by atoms with E-state index in [0.29, 0.717) is 11.6 Å². The molecular formula is C29H31ClN2O3. The van der Waals surface area contributed by atoms with Crippen LogP contribution in [0.1, 0.15) is 68.5 Å². The maximum absolute atomic E-state index is 6.47. The number of fused-ring (bicyclic) bond motifs is 3. The molecule has 0 bridgehead atoms. The Balaban J connectivity index is 1.42. The summed E-state index contributed by atoms with van der Waals surface area (Å²) in [5.41, 5.74) is 4.21. The minimum atomic E-state index is -0.331. The first kappa shape index (κ1) is 23.6. The summed E-state index contributed by atoms with van der Waals surface area (Å²) >= 11 is 6.36. The Morgan fingerprint density at radius 1 is 0.943 bits per heavy atom. The van der Waals surface area contributed by atoms with Gasteiger partial charge in [-0.15, -0.1) is 0 Å². The molecule has 6 heteroatoms. The lowest BCUT2D eigenvalue weighted by atomic mass is 9.96. The Labute approximate surface area is 212 Å². The van der Waals surface area contributed by atoms with E-state index in [-0.39, 0.29) is 12.3 Å². The highest BCUT2D eigenvalue weighted by atomic mass is 35.5. The molecule has 2 atom stereocenters. The predicted octanol–water partition coefficient (Wildman–Crippen LogP) is 7.55. The fourth-order valence-electron chi connectivity index (χ4n) is 4.63. The van der Waals surface area contributed by atoms with Crippen molar-refractivity contribution in [3.05, 3.63) is 88.4 Å². The average Bonchev–Trinajstić information content (AvgIpc) is 3.33. The van der Waals surface area contributed by atoms with E-state index in [1.165, 1.54) is 12.8 Å². The molecule has 3 aromatic rings. The number of rotatable bonds is 9. The van der Waals surface area contributed by atoms with Gasteiger partial charge in [-0.2, -0.15) is 5.10 Å². The molecule has 2 aliphatic rings. The first-order valence-electron chi connectivity index (χ1n) is 12.4. The van der Waals surface area contributed by atoms with Crippen molar-refractivity contribution in [3.63, 3.8) is 0 Å². The fraction of sp³-hybridized carbons (Fsp3) is 0.345. The zero-order valence-electron chi connectivity index (χ0n) is 20.2. The minimum absolute atomic E-state index is 0.0500. The van der Waals surface area contributed by atoms with Crippen LogP contribution in [0.4, 0.5) is 0 Å². The molecule has 0 N–H and O–H groups in total. The van der Waals surface area contributed by atoms with Crippen LogP contribution in [-0.4, -0.2) is 23.9 Å². The largest absolute Gasteiger partial charge is 0.494 e. The summed E-state index contributed by atoms with van der Waals surface area (Å²) < 4.78 is 18.0. The maximum atomic E-state index is 6.47. The summed E-state index contributed by atoms with van der Waals surface area (Å²) in [7, 11) is 0. The second-order valence-corrected chi connectivity index (χ2v) is 9.32. The lowest BCUT2D eigenvalue weighted by molar-refractivity contribution is -0.0190. The van der Waals surface area contributed by atoms with Crippen molar-refractivity contribution in [2.45, 2.75) is 51.8 Å². The highest BCUT2D eigenvalue weighted by Crippen LogP contribution is 2.48. The number of benzene rings is 3. The summed E-state index contributed by atoms with van der Waals surface area (Å²) in [6, 6.07) is 22.2. The van der Waals surface area contributed by atoms with Gasteiger partial charge >= 0.3 is 0 Å². The van der Waals surface area contributed by atoms with Crippen LogP contribution in [0.5, 0.6) is 17.2 Å². The van der Waals surface area contributed by atoms with Crippen LogP contribution in [0, 0.1) is 0 Å². The van der Waals surface area contributed by atoms with E-state index in [9.17, 15) is 0 Å². The Morgan fingerprint density at radius 2 is 1.69 bits per heavy atom. The van der Waals surface area contributed by atoms with Gasteiger partial charge in [0.2, 0.25) is 6.23 Å². The predicted molar refractivity (Wildman–Crippen MR) is 140 cm³/mol. The van der Waals surface area contributed by atoms with Gasteiger partial charge in [0, 0.05) is 22.6 Å². The molecule has 35 heavy (non-hydrogen) atoms. The highest BCUT2D eigenvalue weighted by Gasteiger charge is 2.41. The summed E-state index contributed by atoms with van der Waals surface area (Å²) in [4.78, 5) is 0. The lowest BCUT2D eigenvalue weighted by Gasteiger charge is -2.38. The van der Waals surface area contributed by atoms with Crippen molar-refractivity contribution < 1.29 is 14.2 Å². The van der Waals surface area contributed by atoms with E-state index in [1.807, 2.05) is 49.4 Å². The minimum Gasteiger partial charge on any atom is -0.494 e. The van der Waals surface area contributed by atoms with Crippen LogP contribution in [0.25, 0.3) is 0 Å². The third-order valence-electron chi connectivity index (χ3n) is 6.43. The summed E-state index contributed by atoms with van der Waals surface area (Å²) in [5, 5.41) is 7.81. The molecule has 0 spiro atoms. The average molecular weight is 491 g/mol. The Morgan fingerprint density at radius 3 is 2.43 bits per heavy atom. The lowest BCUT2D eigenvalue weighted by Crippen LogP contribution is -2.33. The van der Waals surface area contributed by atoms with Crippen LogP contribution < -0.4 is 14.2 Å². The molecule has 0 aliphatic carbocycles. The molecule has 5 rings (SSSR count). The second kappa shape index (κ2) is 10.6. The van der Waals surface area contributed by atoms with Crippen molar-refractivity contribution in [1.29, 1.82) is 0 Å². The monoisotopic (exact) mass is 490 g/mol. The van der Waals surface area contributed by atoms with Gasteiger partial charge in [-0.25, -0.2) is 5.01 Å². The Kier molecular flexibility index (Phi) is 7.14. The van der Waals surface area contributed by atoms with Crippen molar-refractivity contribution in [2.24, 2.45) is 5.10 Å². The van der Waals surface area contributed by atoms with Gasteiger partial charge in [0.1, 0.15) is 17.2 Å². The maximum Gasteiger partial charge on any atom is 0.213 e. The molecule has 0 amide bonds.